The summed E-state index contributed by atoms with van der Waals surface area (Å²) >= 11 is 13.1. The molecule has 0 amide bonds. The van der Waals surface area contributed by atoms with Gasteiger partial charge in [-0.05, 0) is 73.8 Å². The zero-order valence-electron chi connectivity index (χ0n) is 11.8. The monoisotopic (exact) mass is 431 g/mol. The first-order valence-corrected chi connectivity index (χ1v) is 8.55. The van der Waals surface area contributed by atoms with Crippen LogP contribution in [0, 0.1) is 0 Å². The van der Waals surface area contributed by atoms with Crippen molar-refractivity contribution in [2.45, 2.75) is 13.0 Å². The quantitative estimate of drug-likeness (QED) is 0.665. The minimum absolute atomic E-state index is 0.103. The van der Waals surface area contributed by atoms with Crippen LogP contribution in [0.2, 0.25) is 5.02 Å². The fourth-order valence-electron chi connectivity index (χ4n) is 2.19. The minimum atomic E-state index is 0.103. The molecule has 0 radical (unpaired) electrons. The van der Waals surface area contributed by atoms with Crippen LogP contribution in [-0.4, -0.2) is 13.7 Å². The van der Waals surface area contributed by atoms with Gasteiger partial charge in [-0.1, -0.05) is 30.7 Å². The van der Waals surface area contributed by atoms with Gasteiger partial charge in [0.25, 0.3) is 0 Å². The predicted octanol–water partition coefficient (Wildman–Crippen LogP) is 5.57. The van der Waals surface area contributed by atoms with E-state index in [0.29, 0.717) is 5.02 Å². The molecule has 0 aromatic heterocycles. The molecule has 0 heterocycles. The Morgan fingerprint density at radius 3 is 2.24 bits per heavy atom. The van der Waals surface area contributed by atoms with Crippen molar-refractivity contribution in [2.24, 2.45) is 0 Å². The first kappa shape index (κ1) is 16.8. The highest BCUT2D eigenvalue weighted by molar-refractivity contribution is 9.10. The summed E-state index contributed by atoms with van der Waals surface area (Å²) in [5.41, 5.74) is 2.32. The molecule has 21 heavy (non-hydrogen) atoms. The Hall–Kier alpha value is -0.550. The normalized spacial score (nSPS) is 12.2. The summed E-state index contributed by atoms with van der Waals surface area (Å²) in [7, 11) is 1.66. The largest absolute Gasteiger partial charge is 0.496 e. The van der Waals surface area contributed by atoms with Gasteiger partial charge in [-0.25, -0.2) is 0 Å². The van der Waals surface area contributed by atoms with Crippen molar-refractivity contribution in [1.82, 2.24) is 5.32 Å². The molecule has 2 rings (SSSR count). The highest BCUT2D eigenvalue weighted by Crippen LogP contribution is 2.33. The smallest absolute Gasteiger partial charge is 0.133 e. The number of hydrogen-bond donors (Lipinski definition) is 1. The number of ether oxygens (including phenoxy) is 1. The summed E-state index contributed by atoms with van der Waals surface area (Å²) in [6.07, 6.45) is 0. The van der Waals surface area contributed by atoms with Crippen LogP contribution in [0.25, 0.3) is 0 Å². The van der Waals surface area contributed by atoms with E-state index >= 15 is 0 Å². The molecule has 0 spiro atoms. The molecule has 5 heteroatoms. The molecule has 112 valence electrons. The van der Waals surface area contributed by atoms with Gasteiger partial charge in [0.1, 0.15) is 5.75 Å². The van der Waals surface area contributed by atoms with E-state index < -0.39 is 0 Å². The number of benzene rings is 2. The van der Waals surface area contributed by atoms with Gasteiger partial charge < -0.3 is 10.1 Å². The third kappa shape index (κ3) is 4.01. The minimum Gasteiger partial charge on any atom is -0.496 e. The van der Waals surface area contributed by atoms with Gasteiger partial charge in [-0.15, -0.1) is 0 Å². The van der Waals surface area contributed by atoms with E-state index in [-0.39, 0.29) is 6.04 Å². The van der Waals surface area contributed by atoms with Gasteiger partial charge in [0.05, 0.1) is 22.6 Å². The Morgan fingerprint density at radius 2 is 1.71 bits per heavy atom. The molecule has 0 aliphatic rings. The molecule has 2 aromatic rings. The Labute approximate surface area is 147 Å². The standard InChI is InChI=1S/C16H16Br2ClNO/c1-3-20-16(10-4-6-14(19)12(17)8-10)11-5-7-15(21-2)13(18)9-11/h4-9,16,20H,3H2,1-2H3. The van der Waals surface area contributed by atoms with E-state index in [4.69, 9.17) is 16.3 Å². The van der Waals surface area contributed by atoms with E-state index in [0.717, 1.165) is 26.8 Å². The van der Waals surface area contributed by atoms with Crippen LogP contribution in [-0.2, 0) is 0 Å². The van der Waals surface area contributed by atoms with Gasteiger partial charge in [-0.2, -0.15) is 0 Å². The molecule has 0 bridgehead atoms. The molecule has 0 saturated carbocycles. The molecular formula is C16H16Br2ClNO. The fourth-order valence-corrected chi connectivity index (χ4v) is 3.26. The zero-order chi connectivity index (χ0) is 15.4. The number of halogens is 3. The van der Waals surface area contributed by atoms with E-state index in [9.17, 15) is 0 Å². The van der Waals surface area contributed by atoms with Gasteiger partial charge in [0.2, 0.25) is 0 Å². The van der Waals surface area contributed by atoms with E-state index in [2.05, 4.69) is 56.2 Å². The average Bonchev–Trinajstić information content (AvgIpc) is 2.48. The van der Waals surface area contributed by atoms with Crippen LogP contribution < -0.4 is 10.1 Å². The van der Waals surface area contributed by atoms with E-state index in [1.54, 1.807) is 7.11 Å². The molecule has 0 saturated heterocycles. The topological polar surface area (TPSA) is 21.3 Å². The number of hydrogen-bond acceptors (Lipinski definition) is 2. The van der Waals surface area contributed by atoms with Crippen LogP contribution in [0.15, 0.2) is 45.3 Å². The Balaban J connectivity index is 2.42. The lowest BCUT2D eigenvalue weighted by Crippen LogP contribution is -2.22. The number of methoxy groups -OCH3 is 1. The lowest BCUT2D eigenvalue weighted by Gasteiger charge is -2.20. The predicted molar refractivity (Wildman–Crippen MR) is 95.4 cm³/mol. The third-order valence-electron chi connectivity index (χ3n) is 3.19. The average molecular weight is 434 g/mol. The number of rotatable bonds is 5. The van der Waals surface area contributed by atoms with Crippen LogP contribution in [0.1, 0.15) is 24.1 Å². The molecule has 1 N–H and O–H groups in total. The highest BCUT2D eigenvalue weighted by Gasteiger charge is 2.15. The van der Waals surface area contributed by atoms with Crippen molar-refractivity contribution < 1.29 is 4.74 Å². The van der Waals surface area contributed by atoms with Crippen molar-refractivity contribution in [3.8, 4) is 5.75 Å². The van der Waals surface area contributed by atoms with Gasteiger partial charge >= 0.3 is 0 Å². The maximum absolute atomic E-state index is 6.08. The Kier molecular flexibility index (Phi) is 6.11. The van der Waals surface area contributed by atoms with Crippen molar-refractivity contribution in [1.29, 1.82) is 0 Å². The molecule has 0 aliphatic carbocycles. The van der Waals surface area contributed by atoms with E-state index in [1.165, 1.54) is 5.56 Å². The first-order chi connectivity index (χ1) is 10.1. The second-order valence-corrected chi connectivity index (χ2v) is 6.67. The third-order valence-corrected chi connectivity index (χ3v) is 5.03. The Morgan fingerprint density at radius 1 is 1.10 bits per heavy atom. The summed E-state index contributed by atoms with van der Waals surface area (Å²) < 4.78 is 7.13. The summed E-state index contributed by atoms with van der Waals surface area (Å²) in [5, 5.41) is 4.21. The molecule has 2 aromatic carbocycles. The molecule has 0 fully saturated rings. The van der Waals surface area contributed by atoms with Gasteiger partial charge in [0, 0.05) is 4.47 Å². The number of nitrogens with one attached hydrogen (secondary N) is 1. The molecule has 1 unspecified atom stereocenters. The summed E-state index contributed by atoms with van der Waals surface area (Å²) in [5.74, 6) is 0.825. The molecule has 2 nitrogen and oxygen atoms in total. The van der Waals surface area contributed by atoms with Crippen LogP contribution in [0.3, 0.4) is 0 Å². The molecular weight excluding hydrogens is 417 g/mol. The maximum atomic E-state index is 6.08. The van der Waals surface area contributed by atoms with Crippen molar-refractivity contribution in [3.05, 3.63) is 61.5 Å². The van der Waals surface area contributed by atoms with Crippen molar-refractivity contribution in [3.63, 3.8) is 0 Å². The second-order valence-electron chi connectivity index (χ2n) is 4.56. The summed E-state index contributed by atoms with van der Waals surface area (Å²) in [4.78, 5) is 0. The lowest BCUT2D eigenvalue weighted by molar-refractivity contribution is 0.412. The van der Waals surface area contributed by atoms with Crippen molar-refractivity contribution in [2.75, 3.05) is 13.7 Å². The highest BCUT2D eigenvalue weighted by atomic mass is 79.9. The van der Waals surface area contributed by atoms with Crippen LogP contribution >= 0.6 is 43.5 Å². The fraction of sp³-hybridized carbons (Fsp3) is 0.250. The van der Waals surface area contributed by atoms with Crippen LogP contribution in [0.5, 0.6) is 5.75 Å². The molecule has 0 aliphatic heterocycles. The SMILES string of the molecule is CCNC(c1ccc(Cl)c(Br)c1)c1ccc(OC)c(Br)c1. The van der Waals surface area contributed by atoms with Gasteiger partial charge in [0.15, 0.2) is 0 Å². The van der Waals surface area contributed by atoms with Crippen LogP contribution in [0.4, 0.5) is 0 Å². The molecule has 1 atom stereocenters. The lowest BCUT2D eigenvalue weighted by atomic mass is 9.98. The second kappa shape index (κ2) is 7.63. The van der Waals surface area contributed by atoms with E-state index in [1.807, 2.05) is 24.3 Å². The van der Waals surface area contributed by atoms with Gasteiger partial charge in [-0.3, -0.25) is 0 Å². The first-order valence-electron chi connectivity index (χ1n) is 6.58. The Bertz CT molecular complexity index is 634. The zero-order valence-corrected chi connectivity index (χ0v) is 15.7. The van der Waals surface area contributed by atoms with Crippen molar-refractivity contribution >= 4 is 43.5 Å². The summed E-state index contributed by atoms with van der Waals surface area (Å²) in [6.45, 7) is 2.96. The summed E-state index contributed by atoms with van der Waals surface area (Å²) in [6, 6.07) is 12.2. The maximum Gasteiger partial charge on any atom is 0.133 e.